The van der Waals surface area contributed by atoms with Crippen LogP contribution in [0.1, 0.15) is 21.5 Å². The Morgan fingerprint density at radius 2 is 1.72 bits per heavy atom. The topological polar surface area (TPSA) is 17.1 Å². The second-order valence-electron chi connectivity index (χ2n) is 4.21. The largest absolute Gasteiger partial charge is 0.294 e. The first-order valence-electron chi connectivity index (χ1n) is 5.60. The van der Waals surface area contributed by atoms with Gasteiger partial charge in [-0.1, -0.05) is 61.7 Å². The van der Waals surface area contributed by atoms with Crippen molar-refractivity contribution in [3.63, 3.8) is 0 Å². The van der Waals surface area contributed by atoms with Crippen molar-refractivity contribution in [1.29, 1.82) is 0 Å². The van der Waals surface area contributed by atoms with Gasteiger partial charge in [0, 0.05) is 20.9 Å². The molecule has 18 heavy (non-hydrogen) atoms. The Hall–Kier alpha value is -0.930. The zero-order valence-electron chi connectivity index (χ0n) is 9.91. The van der Waals surface area contributed by atoms with Crippen LogP contribution < -0.4 is 0 Å². The molecule has 0 spiro atoms. The van der Waals surface area contributed by atoms with Crippen LogP contribution >= 0.6 is 31.9 Å². The van der Waals surface area contributed by atoms with Crippen molar-refractivity contribution >= 4 is 37.6 Å². The van der Waals surface area contributed by atoms with Crippen molar-refractivity contribution in [2.75, 3.05) is 0 Å². The molecule has 0 saturated heterocycles. The highest BCUT2D eigenvalue weighted by molar-refractivity contribution is 9.11. The van der Waals surface area contributed by atoms with E-state index in [1.807, 2.05) is 49.4 Å². The molecule has 0 aliphatic rings. The summed E-state index contributed by atoms with van der Waals surface area (Å²) >= 11 is 6.80. The molecule has 0 fully saturated rings. The highest BCUT2D eigenvalue weighted by Gasteiger charge is 2.11. The third-order valence-corrected chi connectivity index (χ3v) is 3.90. The number of Topliss-reactive ketones (excluding diaryl/α,β-unsaturated/α-hetero) is 1. The number of carbonyl (C=O) groups is 1. The SMILES string of the molecule is Cc1ccc(CC(=O)c2cc(Br)ccc2Br)cc1. The molecule has 2 aromatic rings. The minimum atomic E-state index is 0.118. The molecule has 2 rings (SSSR count). The Balaban J connectivity index is 2.21. The van der Waals surface area contributed by atoms with E-state index in [4.69, 9.17) is 0 Å². The van der Waals surface area contributed by atoms with Gasteiger partial charge in [0.2, 0.25) is 0 Å². The lowest BCUT2D eigenvalue weighted by Gasteiger charge is -2.05. The van der Waals surface area contributed by atoms with E-state index in [-0.39, 0.29) is 5.78 Å². The van der Waals surface area contributed by atoms with E-state index in [1.165, 1.54) is 5.56 Å². The third kappa shape index (κ3) is 3.30. The molecule has 0 radical (unpaired) electrons. The molecular formula is C15H12Br2O. The molecule has 0 aliphatic heterocycles. The van der Waals surface area contributed by atoms with Crippen LogP contribution in [-0.2, 0) is 6.42 Å². The second-order valence-corrected chi connectivity index (χ2v) is 5.98. The van der Waals surface area contributed by atoms with Gasteiger partial charge in [0.05, 0.1) is 0 Å². The minimum absolute atomic E-state index is 0.118. The number of aryl methyl sites for hydroxylation is 1. The molecule has 0 saturated carbocycles. The van der Waals surface area contributed by atoms with Gasteiger partial charge in [0.15, 0.2) is 5.78 Å². The van der Waals surface area contributed by atoms with E-state index >= 15 is 0 Å². The van der Waals surface area contributed by atoms with Gasteiger partial charge in [0.1, 0.15) is 0 Å². The standard InChI is InChI=1S/C15H12Br2O/c1-10-2-4-11(5-3-10)8-15(18)13-9-12(16)6-7-14(13)17/h2-7,9H,8H2,1H3. The fourth-order valence-corrected chi connectivity index (χ4v) is 2.53. The fourth-order valence-electron chi connectivity index (χ4n) is 1.70. The van der Waals surface area contributed by atoms with E-state index in [1.54, 1.807) is 0 Å². The Morgan fingerprint density at radius 1 is 1.06 bits per heavy atom. The summed E-state index contributed by atoms with van der Waals surface area (Å²) in [6.07, 6.45) is 0.426. The molecule has 0 atom stereocenters. The summed E-state index contributed by atoms with van der Waals surface area (Å²) in [7, 11) is 0. The predicted molar refractivity (Wildman–Crippen MR) is 81.1 cm³/mol. The molecule has 0 amide bonds. The fraction of sp³-hybridized carbons (Fsp3) is 0.133. The molecular weight excluding hydrogens is 356 g/mol. The van der Waals surface area contributed by atoms with Crippen LogP contribution in [0, 0.1) is 6.92 Å². The van der Waals surface area contributed by atoms with E-state index < -0.39 is 0 Å². The normalized spacial score (nSPS) is 10.4. The highest BCUT2D eigenvalue weighted by Crippen LogP contribution is 2.23. The smallest absolute Gasteiger partial charge is 0.168 e. The maximum absolute atomic E-state index is 12.2. The van der Waals surface area contributed by atoms with Gasteiger partial charge < -0.3 is 0 Å². The first kappa shape index (κ1) is 13.5. The van der Waals surface area contributed by atoms with E-state index in [0.717, 1.165) is 14.5 Å². The van der Waals surface area contributed by atoms with Crippen LogP contribution in [0.15, 0.2) is 51.4 Å². The molecule has 2 aromatic carbocycles. The van der Waals surface area contributed by atoms with Crippen LogP contribution in [0.3, 0.4) is 0 Å². The molecule has 0 heterocycles. The Morgan fingerprint density at radius 3 is 2.39 bits per heavy atom. The number of rotatable bonds is 3. The van der Waals surface area contributed by atoms with Crippen molar-refractivity contribution < 1.29 is 4.79 Å². The van der Waals surface area contributed by atoms with E-state index in [2.05, 4.69) is 31.9 Å². The lowest BCUT2D eigenvalue weighted by molar-refractivity contribution is 0.0992. The van der Waals surface area contributed by atoms with Gasteiger partial charge in [-0.2, -0.15) is 0 Å². The molecule has 1 nitrogen and oxygen atoms in total. The zero-order valence-corrected chi connectivity index (χ0v) is 13.1. The Bertz CT molecular complexity index is 574. The first-order valence-corrected chi connectivity index (χ1v) is 7.18. The average molecular weight is 368 g/mol. The molecule has 0 unspecified atom stereocenters. The van der Waals surface area contributed by atoms with Crippen LogP contribution in [0.5, 0.6) is 0 Å². The summed E-state index contributed by atoms with van der Waals surface area (Å²) < 4.78 is 1.75. The summed E-state index contributed by atoms with van der Waals surface area (Å²) in [6, 6.07) is 13.7. The lowest BCUT2D eigenvalue weighted by atomic mass is 10.0. The van der Waals surface area contributed by atoms with Crippen molar-refractivity contribution in [3.05, 3.63) is 68.1 Å². The average Bonchev–Trinajstić information content (AvgIpc) is 2.35. The number of hydrogen-bond donors (Lipinski definition) is 0. The predicted octanol–water partition coefficient (Wildman–Crippen LogP) is 4.95. The molecule has 0 N–H and O–H groups in total. The Kier molecular flexibility index (Phi) is 4.36. The second kappa shape index (κ2) is 5.81. The van der Waals surface area contributed by atoms with Crippen LogP contribution in [0.4, 0.5) is 0 Å². The molecule has 92 valence electrons. The summed E-state index contributed by atoms with van der Waals surface area (Å²) in [5, 5.41) is 0. The molecule has 3 heteroatoms. The zero-order chi connectivity index (χ0) is 13.1. The molecule has 0 aromatic heterocycles. The third-order valence-electron chi connectivity index (χ3n) is 2.71. The quantitative estimate of drug-likeness (QED) is 0.701. The number of halogens is 2. The lowest BCUT2D eigenvalue weighted by Crippen LogP contribution is -2.04. The van der Waals surface area contributed by atoms with Gasteiger partial charge in [0.25, 0.3) is 0 Å². The van der Waals surface area contributed by atoms with Crippen molar-refractivity contribution in [2.24, 2.45) is 0 Å². The van der Waals surface area contributed by atoms with Crippen molar-refractivity contribution in [1.82, 2.24) is 0 Å². The summed E-state index contributed by atoms with van der Waals surface area (Å²) in [5.41, 5.74) is 2.96. The summed E-state index contributed by atoms with van der Waals surface area (Å²) in [5.74, 6) is 0.118. The van der Waals surface area contributed by atoms with Crippen LogP contribution in [0.25, 0.3) is 0 Å². The summed E-state index contributed by atoms with van der Waals surface area (Å²) in [6.45, 7) is 2.04. The Labute approximate surface area is 123 Å². The van der Waals surface area contributed by atoms with Crippen LogP contribution in [-0.4, -0.2) is 5.78 Å². The summed E-state index contributed by atoms with van der Waals surface area (Å²) in [4.78, 5) is 12.2. The highest BCUT2D eigenvalue weighted by atomic mass is 79.9. The van der Waals surface area contributed by atoms with Crippen LogP contribution in [0.2, 0.25) is 0 Å². The van der Waals surface area contributed by atoms with Gasteiger partial charge in [-0.25, -0.2) is 0 Å². The van der Waals surface area contributed by atoms with Gasteiger partial charge in [-0.15, -0.1) is 0 Å². The molecule has 0 bridgehead atoms. The van der Waals surface area contributed by atoms with Gasteiger partial charge in [-0.3, -0.25) is 4.79 Å². The number of carbonyl (C=O) groups excluding carboxylic acids is 1. The number of benzene rings is 2. The first-order chi connectivity index (χ1) is 8.56. The van der Waals surface area contributed by atoms with E-state index in [9.17, 15) is 4.79 Å². The monoisotopic (exact) mass is 366 g/mol. The van der Waals surface area contributed by atoms with Crippen molar-refractivity contribution in [2.45, 2.75) is 13.3 Å². The van der Waals surface area contributed by atoms with Gasteiger partial charge >= 0.3 is 0 Å². The maximum atomic E-state index is 12.2. The number of ketones is 1. The molecule has 0 aliphatic carbocycles. The van der Waals surface area contributed by atoms with E-state index in [0.29, 0.717) is 12.0 Å². The van der Waals surface area contributed by atoms with Gasteiger partial charge in [-0.05, 0) is 30.7 Å². The number of hydrogen-bond acceptors (Lipinski definition) is 1. The maximum Gasteiger partial charge on any atom is 0.168 e. The minimum Gasteiger partial charge on any atom is -0.294 e. The van der Waals surface area contributed by atoms with Crippen molar-refractivity contribution in [3.8, 4) is 0 Å².